The molecule has 4 heteroatoms. The lowest BCUT2D eigenvalue weighted by Crippen LogP contribution is -2.42. The highest BCUT2D eigenvalue weighted by atomic mass is 79.9. The Hall–Kier alpha value is -0.580. The van der Waals surface area contributed by atoms with E-state index in [1.54, 1.807) is 0 Å². The summed E-state index contributed by atoms with van der Waals surface area (Å²) >= 11 is 3.63. The summed E-state index contributed by atoms with van der Waals surface area (Å²) in [6.07, 6.45) is 2.47. The zero-order valence-electron chi connectivity index (χ0n) is 12.1. The van der Waals surface area contributed by atoms with Crippen molar-refractivity contribution in [3.8, 4) is 0 Å². The smallest absolute Gasteiger partial charge is 0.0377 e. The van der Waals surface area contributed by atoms with Crippen LogP contribution < -0.4 is 10.6 Å². The quantitative estimate of drug-likeness (QED) is 0.927. The van der Waals surface area contributed by atoms with Crippen LogP contribution in [0, 0.1) is 0 Å². The first kappa shape index (κ1) is 14.8. The zero-order chi connectivity index (χ0) is 14.0. The van der Waals surface area contributed by atoms with Crippen LogP contribution in [0.2, 0.25) is 0 Å². The van der Waals surface area contributed by atoms with Crippen LogP contribution in [0.5, 0.6) is 0 Å². The molecule has 0 bridgehead atoms. The summed E-state index contributed by atoms with van der Waals surface area (Å²) in [4.78, 5) is 4.81. The minimum absolute atomic E-state index is 0.0667. The Kier molecular flexibility index (Phi) is 4.87. The molecule has 0 aliphatic carbocycles. The maximum absolute atomic E-state index is 5.95. The number of nitrogens with zero attached hydrogens (tertiary/aromatic N) is 2. The van der Waals surface area contributed by atoms with Gasteiger partial charge in [0.2, 0.25) is 0 Å². The average molecular weight is 326 g/mol. The van der Waals surface area contributed by atoms with Gasteiger partial charge in [-0.05, 0) is 57.6 Å². The van der Waals surface area contributed by atoms with E-state index in [9.17, 15) is 0 Å². The van der Waals surface area contributed by atoms with Crippen molar-refractivity contribution in [1.29, 1.82) is 0 Å². The monoisotopic (exact) mass is 325 g/mol. The second kappa shape index (κ2) is 6.25. The average Bonchev–Trinajstić information content (AvgIpc) is 2.38. The topological polar surface area (TPSA) is 32.5 Å². The third kappa shape index (κ3) is 3.50. The second-order valence-corrected chi connectivity index (χ2v) is 6.49. The largest absolute Gasteiger partial charge is 0.371 e. The number of hydrogen-bond acceptors (Lipinski definition) is 3. The minimum Gasteiger partial charge on any atom is -0.371 e. The normalized spacial score (nSPS) is 19.4. The van der Waals surface area contributed by atoms with Crippen molar-refractivity contribution < 1.29 is 0 Å². The summed E-state index contributed by atoms with van der Waals surface area (Å²) in [7, 11) is 4.40. The molecule has 1 aromatic rings. The van der Waals surface area contributed by atoms with E-state index < -0.39 is 0 Å². The molecule has 0 saturated carbocycles. The number of hydrogen-bond donors (Lipinski definition) is 1. The van der Waals surface area contributed by atoms with E-state index in [4.69, 9.17) is 5.73 Å². The Bertz CT molecular complexity index is 425. The summed E-state index contributed by atoms with van der Waals surface area (Å²) in [5, 5.41) is 0. The Balaban J connectivity index is 2.11. The molecule has 3 nitrogen and oxygen atoms in total. The lowest BCUT2D eigenvalue weighted by Gasteiger charge is -2.36. The van der Waals surface area contributed by atoms with Gasteiger partial charge < -0.3 is 15.5 Å². The van der Waals surface area contributed by atoms with Gasteiger partial charge in [0.1, 0.15) is 0 Å². The van der Waals surface area contributed by atoms with Crippen LogP contribution in [0.25, 0.3) is 0 Å². The zero-order valence-corrected chi connectivity index (χ0v) is 13.7. The van der Waals surface area contributed by atoms with Crippen molar-refractivity contribution in [3.63, 3.8) is 0 Å². The summed E-state index contributed by atoms with van der Waals surface area (Å²) in [5.41, 5.74) is 8.39. The van der Waals surface area contributed by atoms with E-state index in [1.165, 1.54) is 37.2 Å². The molecule has 0 amide bonds. The van der Waals surface area contributed by atoms with E-state index in [-0.39, 0.29) is 6.04 Å². The maximum Gasteiger partial charge on any atom is 0.0377 e. The molecule has 1 atom stereocenters. The van der Waals surface area contributed by atoms with E-state index in [0.717, 1.165) is 4.47 Å². The van der Waals surface area contributed by atoms with E-state index in [0.29, 0.717) is 6.04 Å². The molecule has 1 aromatic carbocycles. The van der Waals surface area contributed by atoms with E-state index in [1.807, 2.05) is 6.92 Å². The third-order valence-electron chi connectivity index (χ3n) is 4.12. The van der Waals surface area contributed by atoms with Gasteiger partial charge in [0.25, 0.3) is 0 Å². The number of piperidine rings is 1. The van der Waals surface area contributed by atoms with Gasteiger partial charge in [-0.1, -0.05) is 22.0 Å². The highest BCUT2D eigenvalue weighted by molar-refractivity contribution is 9.10. The van der Waals surface area contributed by atoms with Crippen LogP contribution in [0.4, 0.5) is 5.69 Å². The van der Waals surface area contributed by atoms with Crippen molar-refractivity contribution in [3.05, 3.63) is 28.2 Å². The van der Waals surface area contributed by atoms with Gasteiger partial charge >= 0.3 is 0 Å². The number of rotatable bonds is 3. The molecule has 2 rings (SSSR count). The third-order valence-corrected chi connectivity index (χ3v) is 4.80. The van der Waals surface area contributed by atoms with Crippen molar-refractivity contribution in [2.24, 2.45) is 5.73 Å². The molecule has 1 fully saturated rings. The molecular weight excluding hydrogens is 302 g/mol. The highest BCUT2D eigenvalue weighted by Gasteiger charge is 2.21. The highest BCUT2D eigenvalue weighted by Crippen LogP contribution is 2.29. The van der Waals surface area contributed by atoms with Gasteiger partial charge in [-0.3, -0.25) is 0 Å². The van der Waals surface area contributed by atoms with Crippen molar-refractivity contribution in [2.45, 2.75) is 31.8 Å². The van der Waals surface area contributed by atoms with E-state index in [2.05, 4.69) is 58.0 Å². The van der Waals surface area contributed by atoms with Crippen LogP contribution >= 0.6 is 15.9 Å². The molecule has 1 aliphatic heterocycles. The fourth-order valence-electron chi connectivity index (χ4n) is 2.70. The molecule has 0 unspecified atom stereocenters. The predicted octanol–water partition coefficient (Wildman–Crippen LogP) is 3.00. The second-order valence-electron chi connectivity index (χ2n) is 5.64. The SMILES string of the molecule is C[C@@H](N)c1ccc(N(C)C2CCN(C)CC2)cc1Br. The van der Waals surface area contributed by atoms with Gasteiger partial charge in [-0.15, -0.1) is 0 Å². The van der Waals surface area contributed by atoms with Crippen LogP contribution in [0.3, 0.4) is 0 Å². The molecule has 19 heavy (non-hydrogen) atoms. The van der Waals surface area contributed by atoms with Gasteiger partial charge in [0.05, 0.1) is 0 Å². The number of benzene rings is 1. The summed E-state index contributed by atoms with van der Waals surface area (Å²) in [6.45, 7) is 4.39. The molecule has 0 radical (unpaired) electrons. The Morgan fingerprint density at radius 2 is 2.00 bits per heavy atom. The van der Waals surface area contributed by atoms with Gasteiger partial charge in [-0.2, -0.15) is 0 Å². The van der Waals surface area contributed by atoms with Crippen LogP contribution in [-0.2, 0) is 0 Å². The first-order valence-corrected chi connectivity index (χ1v) is 7.74. The van der Waals surface area contributed by atoms with Gasteiger partial charge in [-0.25, -0.2) is 0 Å². The molecule has 2 N–H and O–H groups in total. The van der Waals surface area contributed by atoms with Gasteiger partial charge in [0, 0.05) is 29.3 Å². The Labute approximate surface area is 124 Å². The first-order valence-electron chi connectivity index (χ1n) is 6.95. The lowest BCUT2D eigenvalue weighted by molar-refractivity contribution is 0.253. The molecule has 0 spiro atoms. The van der Waals surface area contributed by atoms with Crippen LogP contribution in [0.1, 0.15) is 31.4 Å². The Morgan fingerprint density at radius 3 is 2.53 bits per heavy atom. The molecule has 106 valence electrons. The number of nitrogens with two attached hydrogens (primary N) is 1. The predicted molar refractivity (Wildman–Crippen MR) is 85.7 cm³/mol. The van der Waals surface area contributed by atoms with Crippen molar-refractivity contribution in [1.82, 2.24) is 4.90 Å². The fourth-order valence-corrected chi connectivity index (χ4v) is 3.43. The number of halogens is 1. The number of anilines is 1. The van der Waals surface area contributed by atoms with Crippen LogP contribution in [0.15, 0.2) is 22.7 Å². The van der Waals surface area contributed by atoms with Crippen LogP contribution in [-0.4, -0.2) is 38.1 Å². The van der Waals surface area contributed by atoms with Crippen molar-refractivity contribution >= 4 is 21.6 Å². The molecule has 0 aromatic heterocycles. The molecule has 1 saturated heterocycles. The number of likely N-dealkylation sites (tertiary alicyclic amines) is 1. The van der Waals surface area contributed by atoms with Crippen molar-refractivity contribution in [2.75, 3.05) is 32.1 Å². The standard InChI is InChI=1S/C15H24BrN3/c1-11(17)14-5-4-13(10-15(14)16)19(3)12-6-8-18(2)9-7-12/h4-5,10-12H,6-9,17H2,1-3H3/t11-/m1/s1. The molecule has 1 aliphatic rings. The summed E-state index contributed by atoms with van der Waals surface area (Å²) in [6, 6.07) is 7.22. The van der Waals surface area contributed by atoms with E-state index >= 15 is 0 Å². The molecular formula is C15H24BrN3. The summed E-state index contributed by atoms with van der Waals surface area (Å²) in [5.74, 6) is 0. The minimum atomic E-state index is 0.0667. The Morgan fingerprint density at radius 1 is 1.37 bits per heavy atom. The summed E-state index contributed by atoms with van der Waals surface area (Å²) < 4.78 is 1.11. The fraction of sp³-hybridized carbons (Fsp3) is 0.600. The lowest BCUT2D eigenvalue weighted by atomic mass is 10.0. The van der Waals surface area contributed by atoms with Gasteiger partial charge in [0.15, 0.2) is 0 Å². The first-order chi connectivity index (χ1) is 8.99. The molecule has 1 heterocycles. The maximum atomic E-state index is 5.95.